The smallest absolute Gasteiger partial charge is 0.239 e. The second-order valence-electron chi connectivity index (χ2n) is 6.93. The molecule has 0 unspecified atom stereocenters. The van der Waals surface area contributed by atoms with E-state index in [0.717, 1.165) is 11.3 Å². The third-order valence-electron chi connectivity index (χ3n) is 4.23. The molecular formula is C22H23ClN4O3. The molecule has 0 aliphatic rings. The Bertz CT molecular complexity index is 1020. The molecule has 2 N–H and O–H groups in total. The van der Waals surface area contributed by atoms with Crippen LogP contribution in [-0.2, 0) is 16.1 Å². The first-order valence-corrected chi connectivity index (χ1v) is 9.80. The highest BCUT2D eigenvalue weighted by molar-refractivity contribution is 6.30. The van der Waals surface area contributed by atoms with Gasteiger partial charge in [0.25, 0.3) is 0 Å². The number of hydrogen-bond acceptors (Lipinski definition) is 5. The van der Waals surface area contributed by atoms with Gasteiger partial charge in [-0.25, -0.2) is 4.98 Å². The van der Waals surface area contributed by atoms with E-state index >= 15 is 0 Å². The van der Waals surface area contributed by atoms with Crippen molar-refractivity contribution in [2.24, 2.45) is 0 Å². The second-order valence-corrected chi connectivity index (χ2v) is 7.37. The van der Waals surface area contributed by atoms with Gasteiger partial charge in [-0.05, 0) is 62.5 Å². The topological polar surface area (TPSA) is 87.5 Å². The van der Waals surface area contributed by atoms with Crippen molar-refractivity contribution >= 4 is 29.2 Å². The van der Waals surface area contributed by atoms with Crippen molar-refractivity contribution in [3.05, 3.63) is 71.1 Å². The van der Waals surface area contributed by atoms with Crippen LogP contribution in [0.4, 0.5) is 5.82 Å². The summed E-state index contributed by atoms with van der Waals surface area (Å²) in [5.74, 6) is 1.39. The molecule has 0 saturated carbocycles. The zero-order valence-electron chi connectivity index (χ0n) is 16.8. The highest BCUT2D eigenvalue weighted by Crippen LogP contribution is 2.23. The van der Waals surface area contributed by atoms with Crippen LogP contribution in [0, 0.1) is 6.92 Å². The van der Waals surface area contributed by atoms with Crippen LogP contribution in [0.15, 0.2) is 59.0 Å². The Morgan fingerprint density at radius 1 is 1.03 bits per heavy atom. The van der Waals surface area contributed by atoms with Crippen molar-refractivity contribution in [3.8, 4) is 11.3 Å². The first-order chi connectivity index (χ1) is 14.4. The molecule has 0 radical (unpaired) electrons. The number of hydrogen-bond donors (Lipinski definition) is 2. The number of pyridine rings is 1. The van der Waals surface area contributed by atoms with Crippen LogP contribution in [0.1, 0.15) is 11.5 Å². The molecule has 0 bridgehead atoms. The maximum atomic E-state index is 12.2. The molecule has 2 aromatic heterocycles. The molecule has 2 heterocycles. The number of nitrogens with zero attached hydrogens (tertiary/aromatic N) is 2. The van der Waals surface area contributed by atoms with Crippen LogP contribution in [-0.4, -0.2) is 41.8 Å². The molecule has 7 nitrogen and oxygen atoms in total. The number of aryl methyl sites for hydroxylation is 1. The van der Waals surface area contributed by atoms with Crippen molar-refractivity contribution in [1.82, 2.24) is 15.2 Å². The zero-order valence-corrected chi connectivity index (χ0v) is 17.6. The highest BCUT2D eigenvalue weighted by atomic mass is 35.5. The molecule has 1 aromatic carbocycles. The van der Waals surface area contributed by atoms with Gasteiger partial charge >= 0.3 is 0 Å². The number of benzene rings is 1. The van der Waals surface area contributed by atoms with E-state index in [1.54, 1.807) is 30.1 Å². The monoisotopic (exact) mass is 426 g/mol. The Hall–Kier alpha value is -3.16. The van der Waals surface area contributed by atoms with Gasteiger partial charge in [0.1, 0.15) is 17.3 Å². The zero-order chi connectivity index (χ0) is 21.5. The van der Waals surface area contributed by atoms with E-state index in [-0.39, 0.29) is 31.4 Å². The van der Waals surface area contributed by atoms with Gasteiger partial charge in [0.15, 0.2) is 0 Å². The average molecular weight is 427 g/mol. The quantitative estimate of drug-likeness (QED) is 0.575. The molecule has 3 rings (SSSR count). The van der Waals surface area contributed by atoms with Crippen LogP contribution in [0.5, 0.6) is 0 Å². The predicted octanol–water partition coefficient (Wildman–Crippen LogP) is 3.49. The molecule has 3 aromatic rings. The SMILES string of the molecule is Cc1cccc(NC(=O)CN(C)CC(=O)NCc2ccc(-c3ccc(Cl)cc3)o2)n1. The highest BCUT2D eigenvalue weighted by Gasteiger charge is 2.12. The molecule has 8 heteroatoms. The van der Waals surface area contributed by atoms with Crippen LogP contribution in [0.25, 0.3) is 11.3 Å². The Morgan fingerprint density at radius 3 is 2.50 bits per heavy atom. The number of carbonyl (C=O) groups excluding carboxylic acids is 2. The van der Waals surface area contributed by atoms with Crippen molar-refractivity contribution < 1.29 is 14.0 Å². The molecule has 0 aliphatic heterocycles. The second kappa shape index (κ2) is 10.0. The molecule has 0 saturated heterocycles. The first-order valence-electron chi connectivity index (χ1n) is 9.42. The largest absolute Gasteiger partial charge is 0.459 e. The Kier molecular flexibility index (Phi) is 7.21. The summed E-state index contributed by atoms with van der Waals surface area (Å²) in [5, 5.41) is 6.17. The normalized spacial score (nSPS) is 10.8. The van der Waals surface area contributed by atoms with Gasteiger partial charge in [-0.15, -0.1) is 0 Å². The van der Waals surface area contributed by atoms with Crippen molar-refractivity contribution in [3.63, 3.8) is 0 Å². The number of likely N-dealkylation sites (N-methyl/N-ethyl adjacent to an activating group) is 1. The number of rotatable bonds is 8. The Morgan fingerprint density at radius 2 is 1.77 bits per heavy atom. The van der Waals surface area contributed by atoms with Gasteiger partial charge in [-0.3, -0.25) is 14.5 Å². The van der Waals surface area contributed by atoms with E-state index < -0.39 is 0 Å². The summed E-state index contributed by atoms with van der Waals surface area (Å²) in [6, 6.07) is 16.4. The number of halogens is 1. The van der Waals surface area contributed by atoms with Crippen LogP contribution in [0.3, 0.4) is 0 Å². The van der Waals surface area contributed by atoms with E-state index in [1.165, 1.54) is 0 Å². The number of carbonyl (C=O) groups is 2. The van der Waals surface area contributed by atoms with Crippen LogP contribution < -0.4 is 10.6 Å². The molecule has 0 spiro atoms. The summed E-state index contributed by atoms with van der Waals surface area (Å²) in [6.07, 6.45) is 0. The van der Waals surface area contributed by atoms with E-state index in [9.17, 15) is 9.59 Å². The Balaban J connectivity index is 1.43. The molecular weight excluding hydrogens is 404 g/mol. The van der Waals surface area contributed by atoms with Gasteiger partial charge in [0.05, 0.1) is 19.6 Å². The van der Waals surface area contributed by atoms with E-state index in [1.807, 2.05) is 43.3 Å². The minimum absolute atomic E-state index is 0.0739. The molecule has 0 aliphatic carbocycles. The lowest BCUT2D eigenvalue weighted by molar-refractivity contribution is -0.123. The fourth-order valence-corrected chi connectivity index (χ4v) is 2.95. The fraction of sp³-hybridized carbons (Fsp3) is 0.227. The maximum Gasteiger partial charge on any atom is 0.239 e. The lowest BCUT2D eigenvalue weighted by Crippen LogP contribution is -2.38. The third-order valence-corrected chi connectivity index (χ3v) is 4.49. The fourth-order valence-electron chi connectivity index (χ4n) is 2.83. The van der Waals surface area contributed by atoms with Crippen LogP contribution >= 0.6 is 11.6 Å². The van der Waals surface area contributed by atoms with Crippen molar-refractivity contribution in [2.75, 3.05) is 25.5 Å². The predicted molar refractivity (Wildman–Crippen MR) is 116 cm³/mol. The summed E-state index contributed by atoms with van der Waals surface area (Å²) in [4.78, 5) is 30.1. The maximum absolute atomic E-state index is 12.2. The number of anilines is 1. The minimum Gasteiger partial charge on any atom is -0.459 e. The van der Waals surface area contributed by atoms with Crippen molar-refractivity contribution in [1.29, 1.82) is 0 Å². The summed E-state index contributed by atoms with van der Waals surface area (Å²) in [6.45, 7) is 2.27. The molecule has 30 heavy (non-hydrogen) atoms. The molecule has 2 amide bonds. The lowest BCUT2D eigenvalue weighted by atomic mass is 10.2. The third kappa shape index (κ3) is 6.43. The van der Waals surface area contributed by atoms with Gasteiger partial charge < -0.3 is 15.1 Å². The molecule has 0 atom stereocenters. The summed E-state index contributed by atoms with van der Waals surface area (Å²) in [5.41, 5.74) is 1.73. The molecule has 0 fully saturated rings. The van der Waals surface area contributed by atoms with Gasteiger partial charge in [0.2, 0.25) is 11.8 Å². The standard InChI is InChI=1S/C22H23ClN4O3/c1-15-4-3-5-20(25-15)26-22(29)14-27(2)13-21(28)24-12-18-10-11-19(30-18)16-6-8-17(23)9-7-16/h3-11H,12-14H2,1-2H3,(H,24,28)(H,25,26,29). The van der Waals surface area contributed by atoms with Gasteiger partial charge in [-0.2, -0.15) is 0 Å². The number of furan rings is 1. The lowest BCUT2D eigenvalue weighted by Gasteiger charge is -2.15. The summed E-state index contributed by atoms with van der Waals surface area (Å²) in [7, 11) is 1.70. The van der Waals surface area contributed by atoms with Gasteiger partial charge in [0, 0.05) is 16.3 Å². The van der Waals surface area contributed by atoms with E-state index in [4.69, 9.17) is 16.0 Å². The number of nitrogens with one attached hydrogen (secondary N) is 2. The summed E-state index contributed by atoms with van der Waals surface area (Å²) >= 11 is 5.90. The molecule has 156 valence electrons. The minimum atomic E-state index is -0.234. The van der Waals surface area contributed by atoms with Crippen LogP contribution in [0.2, 0.25) is 5.02 Å². The Labute approximate surface area is 180 Å². The summed E-state index contributed by atoms with van der Waals surface area (Å²) < 4.78 is 5.76. The van der Waals surface area contributed by atoms with Crippen molar-refractivity contribution in [2.45, 2.75) is 13.5 Å². The van der Waals surface area contributed by atoms with Gasteiger partial charge in [-0.1, -0.05) is 17.7 Å². The first kappa shape index (κ1) is 21.5. The van der Waals surface area contributed by atoms with E-state index in [2.05, 4.69) is 15.6 Å². The van der Waals surface area contributed by atoms with E-state index in [0.29, 0.717) is 22.4 Å². The number of aromatic nitrogens is 1. The average Bonchev–Trinajstić information content (AvgIpc) is 3.15. The number of amides is 2.